The van der Waals surface area contributed by atoms with E-state index in [-0.39, 0.29) is 29.6 Å². The predicted octanol–water partition coefficient (Wildman–Crippen LogP) is 1.15. The van der Waals surface area contributed by atoms with Crippen molar-refractivity contribution in [3.05, 3.63) is 35.9 Å². The van der Waals surface area contributed by atoms with E-state index in [9.17, 15) is 0 Å². The first kappa shape index (κ1) is 18.7. The van der Waals surface area contributed by atoms with Crippen molar-refractivity contribution < 1.29 is 9.59 Å². The Bertz CT molecular complexity index is 264. The van der Waals surface area contributed by atoms with E-state index < -0.39 is 0 Å². The molecular weight excluding hydrogens is 191 g/mol. The molecule has 2 N–H and O–H groups in total. The molecular formula is C9H11N2NaO2. The van der Waals surface area contributed by atoms with Crippen LogP contribution < -0.4 is 0 Å². The molecule has 0 amide bonds. The number of hydrogen-bond acceptors (Lipinski definition) is 4. The molecule has 0 atom stereocenters. The monoisotopic (exact) mass is 202 g/mol. The van der Waals surface area contributed by atoms with Crippen LogP contribution in [0, 0.1) is 17.7 Å². The van der Waals surface area contributed by atoms with Gasteiger partial charge < -0.3 is 0 Å². The summed E-state index contributed by atoms with van der Waals surface area (Å²) in [4.78, 5) is 16.7. The molecule has 1 rings (SSSR count). The Hall–Kier alpha value is -1.02. The van der Waals surface area contributed by atoms with Gasteiger partial charge in [-0.25, -0.2) is 20.4 Å². The summed E-state index contributed by atoms with van der Waals surface area (Å²) in [5, 5.41) is 10.8. The number of carbonyl (C=O) groups excluding carboxylic acids is 2. The van der Waals surface area contributed by atoms with Crippen LogP contribution in [0.15, 0.2) is 30.3 Å². The zero-order valence-electron chi connectivity index (χ0n) is 7.20. The van der Waals surface area contributed by atoms with Crippen molar-refractivity contribution in [2.75, 3.05) is 0 Å². The average Bonchev–Trinajstić information content (AvgIpc) is 2.08. The average molecular weight is 202 g/mol. The van der Waals surface area contributed by atoms with Crippen LogP contribution in [0.25, 0.3) is 0 Å². The molecule has 0 fully saturated rings. The third kappa shape index (κ3) is 22.4. The first-order chi connectivity index (χ1) is 6.22. The van der Waals surface area contributed by atoms with Gasteiger partial charge in [-0.2, -0.15) is 0 Å². The predicted molar refractivity (Wildman–Crippen MR) is 55.2 cm³/mol. The standard InChI is InChI=1S/C7H8.2CHNO.Na.H/c1-7-5-3-2-4-6-7;2*2-1-3;;/h2-6H,1H3;2*2H;;. The molecule has 0 saturated heterocycles. The summed E-state index contributed by atoms with van der Waals surface area (Å²) in [5.41, 5.74) is 1.32. The van der Waals surface area contributed by atoms with Crippen molar-refractivity contribution in [1.29, 1.82) is 10.8 Å². The minimum absolute atomic E-state index is 0. The van der Waals surface area contributed by atoms with Crippen LogP contribution in [0.5, 0.6) is 0 Å². The van der Waals surface area contributed by atoms with E-state index in [2.05, 4.69) is 19.1 Å². The van der Waals surface area contributed by atoms with Gasteiger partial charge in [0.05, 0.1) is 0 Å². The van der Waals surface area contributed by atoms with Gasteiger partial charge in [-0.1, -0.05) is 35.9 Å². The summed E-state index contributed by atoms with van der Waals surface area (Å²) in [6, 6.07) is 10.3. The van der Waals surface area contributed by atoms with Gasteiger partial charge in [0.2, 0.25) is 12.2 Å². The molecule has 4 nitrogen and oxygen atoms in total. The van der Waals surface area contributed by atoms with E-state index >= 15 is 0 Å². The van der Waals surface area contributed by atoms with Crippen LogP contribution in [0.1, 0.15) is 5.56 Å². The third-order valence-corrected chi connectivity index (χ3v) is 0.940. The third-order valence-electron chi connectivity index (χ3n) is 0.940. The second kappa shape index (κ2) is 17.9. The van der Waals surface area contributed by atoms with Gasteiger partial charge in [0, 0.05) is 0 Å². The molecule has 0 saturated carbocycles. The molecule has 70 valence electrons. The van der Waals surface area contributed by atoms with E-state index in [1.165, 1.54) is 5.56 Å². The van der Waals surface area contributed by atoms with Crippen LogP contribution in [-0.4, -0.2) is 41.7 Å². The number of isocyanates is 2. The molecule has 0 bridgehead atoms. The summed E-state index contributed by atoms with van der Waals surface area (Å²) in [7, 11) is 0. The molecule has 0 unspecified atom stereocenters. The molecule has 0 aliphatic rings. The minimum atomic E-state index is 0. The van der Waals surface area contributed by atoms with Crippen molar-refractivity contribution in [3.63, 3.8) is 0 Å². The molecule has 0 radical (unpaired) electrons. The Morgan fingerprint density at radius 1 is 1.00 bits per heavy atom. The number of hydrogen-bond donors (Lipinski definition) is 2. The van der Waals surface area contributed by atoms with Gasteiger partial charge in [-0.15, -0.1) is 0 Å². The van der Waals surface area contributed by atoms with Crippen molar-refractivity contribution in [3.8, 4) is 0 Å². The summed E-state index contributed by atoms with van der Waals surface area (Å²) >= 11 is 0. The fourth-order valence-electron chi connectivity index (χ4n) is 0.534. The molecule has 0 aliphatic carbocycles. The van der Waals surface area contributed by atoms with Crippen LogP contribution in [-0.2, 0) is 9.59 Å². The fourth-order valence-corrected chi connectivity index (χ4v) is 0.534. The molecule has 14 heavy (non-hydrogen) atoms. The molecule has 0 spiro atoms. The summed E-state index contributed by atoms with van der Waals surface area (Å²) in [6.45, 7) is 2.08. The zero-order chi connectivity index (χ0) is 10.5. The molecule has 0 aromatic heterocycles. The molecule has 5 heteroatoms. The Balaban J connectivity index is -0.000000150. The normalized spacial score (nSPS) is 5.50. The first-order valence-corrected chi connectivity index (χ1v) is 3.32. The van der Waals surface area contributed by atoms with E-state index in [0.29, 0.717) is 0 Å². The summed E-state index contributed by atoms with van der Waals surface area (Å²) in [6.07, 6.45) is 1.50. The maximum atomic E-state index is 8.35. The quantitative estimate of drug-likeness (QED) is 0.376. The second-order valence-corrected chi connectivity index (χ2v) is 1.86. The Morgan fingerprint density at radius 3 is 1.43 bits per heavy atom. The second-order valence-electron chi connectivity index (χ2n) is 1.86. The van der Waals surface area contributed by atoms with Gasteiger partial charge in [0.1, 0.15) is 0 Å². The van der Waals surface area contributed by atoms with Crippen molar-refractivity contribution >= 4 is 41.7 Å². The van der Waals surface area contributed by atoms with Crippen molar-refractivity contribution in [1.82, 2.24) is 0 Å². The molecule has 1 aromatic carbocycles. The van der Waals surface area contributed by atoms with Gasteiger partial charge in [-0.3, -0.25) is 0 Å². The Morgan fingerprint density at radius 2 is 1.29 bits per heavy atom. The van der Waals surface area contributed by atoms with Crippen LogP contribution >= 0.6 is 0 Å². The fraction of sp³-hybridized carbons (Fsp3) is 0.111. The van der Waals surface area contributed by atoms with Gasteiger partial charge in [0.15, 0.2) is 0 Å². The van der Waals surface area contributed by atoms with Crippen LogP contribution in [0.2, 0.25) is 0 Å². The number of nitrogens with one attached hydrogen (secondary N) is 2. The summed E-state index contributed by atoms with van der Waals surface area (Å²) in [5.74, 6) is 0. The van der Waals surface area contributed by atoms with Gasteiger partial charge in [-0.05, 0) is 6.92 Å². The molecule has 0 aliphatic heterocycles. The van der Waals surface area contributed by atoms with Gasteiger partial charge in [0.25, 0.3) is 0 Å². The number of benzene rings is 1. The first-order valence-electron chi connectivity index (χ1n) is 3.32. The van der Waals surface area contributed by atoms with Crippen molar-refractivity contribution in [2.45, 2.75) is 6.92 Å². The molecule has 0 heterocycles. The zero-order valence-corrected chi connectivity index (χ0v) is 7.20. The van der Waals surface area contributed by atoms with E-state index in [4.69, 9.17) is 20.4 Å². The van der Waals surface area contributed by atoms with Crippen molar-refractivity contribution in [2.24, 2.45) is 0 Å². The molecule has 1 aromatic rings. The van der Waals surface area contributed by atoms with Crippen LogP contribution in [0.4, 0.5) is 0 Å². The van der Waals surface area contributed by atoms with E-state index in [0.717, 1.165) is 12.2 Å². The van der Waals surface area contributed by atoms with E-state index in [1.54, 1.807) is 0 Å². The van der Waals surface area contributed by atoms with E-state index in [1.807, 2.05) is 18.2 Å². The SMILES string of the molecule is Cc1ccccc1.N=C=O.N=C=O.[NaH]. The summed E-state index contributed by atoms with van der Waals surface area (Å²) < 4.78 is 0. The Labute approximate surface area is 105 Å². The van der Waals surface area contributed by atoms with Gasteiger partial charge >= 0.3 is 29.6 Å². The number of rotatable bonds is 0. The number of aryl methyl sites for hydroxylation is 1. The topological polar surface area (TPSA) is 81.8 Å². The van der Waals surface area contributed by atoms with Crippen LogP contribution in [0.3, 0.4) is 0 Å². The Kier molecular flexibility index (Phi) is 23.9. The maximum absolute atomic E-state index is 8.35.